The van der Waals surface area contributed by atoms with Crippen LogP contribution in [0.1, 0.15) is 29.2 Å². The molecular formula is C35H32N6OS2. The summed E-state index contributed by atoms with van der Waals surface area (Å²) in [6.07, 6.45) is 0. The van der Waals surface area contributed by atoms with Crippen LogP contribution in [0.4, 0.5) is 22.7 Å². The van der Waals surface area contributed by atoms with Gasteiger partial charge in [-0.15, -0.1) is 0 Å². The molecule has 9 heteroatoms. The number of benzene rings is 4. The Hall–Kier alpha value is -4.65. The normalized spacial score (nSPS) is 16.8. The lowest BCUT2D eigenvalue weighted by Crippen LogP contribution is -2.29. The predicted molar refractivity (Wildman–Crippen MR) is 183 cm³/mol. The zero-order valence-corrected chi connectivity index (χ0v) is 26.4. The van der Waals surface area contributed by atoms with E-state index >= 15 is 0 Å². The predicted octanol–water partition coefficient (Wildman–Crippen LogP) is 8.08. The molecule has 4 aromatic carbocycles. The van der Waals surface area contributed by atoms with Crippen molar-refractivity contribution in [1.29, 1.82) is 5.26 Å². The van der Waals surface area contributed by atoms with Gasteiger partial charge in [0.05, 0.1) is 40.3 Å². The lowest BCUT2D eigenvalue weighted by Gasteiger charge is -2.17. The minimum atomic E-state index is -0.0843. The van der Waals surface area contributed by atoms with Crippen molar-refractivity contribution in [3.63, 3.8) is 0 Å². The molecule has 0 radical (unpaired) electrons. The van der Waals surface area contributed by atoms with Gasteiger partial charge in [0.15, 0.2) is 5.17 Å². The second-order valence-electron chi connectivity index (χ2n) is 10.6. The van der Waals surface area contributed by atoms with Crippen molar-refractivity contribution in [2.24, 2.45) is 4.99 Å². The van der Waals surface area contributed by atoms with E-state index in [1.165, 1.54) is 22.9 Å². The van der Waals surface area contributed by atoms with Crippen molar-refractivity contribution in [2.45, 2.75) is 31.8 Å². The van der Waals surface area contributed by atoms with E-state index in [0.717, 1.165) is 39.1 Å². The summed E-state index contributed by atoms with van der Waals surface area (Å²) in [5.41, 5.74) is 7.53. The molecule has 1 fully saturated rings. The standard InChI is InChI=1S/C35H32N6OS2/c1-4-37-28-16-14-26(20-36)18-29(28)39-35-41(22-25-8-6-5-7-9-25)33(42)32(44-35)34-40(3)30-17-15-27(19-31(30)43-34)38-21-24-12-10-23(2)11-13-24/h5-19,37-38H,4,21-22H2,1-3H3/b34-32-,39-35?. The van der Waals surface area contributed by atoms with Gasteiger partial charge in [-0.1, -0.05) is 71.9 Å². The molecule has 7 nitrogen and oxygen atoms in total. The van der Waals surface area contributed by atoms with Crippen LogP contribution in [0.3, 0.4) is 0 Å². The van der Waals surface area contributed by atoms with Crippen LogP contribution in [0.25, 0.3) is 0 Å². The summed E-state index contributed by atoms with van der Waals surface area (Å²) in [7, 11) is 2.00. The number of nitrogens with one attached hydrogen (secondary N) is 2. The number of hydrogen-bond donors (Lipinski definition) is 2. The Kier molecular flexibility index (Phi) is 8.64. The molecule has 0 aromatic heterocycles. The highest BCUT2D eigenvalue weighted by molar-refractivity contribution is 8.19. The summed E-state index contributed by atoms with van der Waals surface area (Å²) in [4.78, 5) is 24.7. The van der Waals surface area contributed by atoms with Gasteiger partial charge in [0.1, 0.15) is 4.91 Å². The Bertz CT molecular complexity index is 1810. The first-order valence-electron chi connectivity index (χ1n) is 14.4. The first-order chi connectivity index (χ1) is 21.4. The molecule has 220 valence electrons. The van der Waals surface area contributed by atoms with Crippen molar-refractivity contribution < 1.29 is 4.79 Å². The molecule has 4 aromatic rings. The summed E-state index contributed by atoms with van der Waals surface area (Å²) in [5, 5.41) is 17.9. The molecule has 0 saturated carbocycles. The third-order valence-corrected chi connectivity index (χ3v) is 9.82. The molecule has 0 aliphatic carbocycles. The highest BCUT2D eigenvalue weighted by Crippen LogP contribution is 2.51. The fraction of sp³-hybridized carbons (Fsp3) is 0.171. The van der Waals surface area contributed by atoms with Crippen LogP contribution in [0.2, 0.25) is 0 Å². The molecule has 1 amide bonds. The largest absolute Gasteiger partial charge is 0.384 e. The Balaban J connectivity index is 1.32. The second kappa shape index (κ2) is 12.9. The monoisotopic (exact) mass is 616 g/mol. The van der Waals surface area contributed by atoms with Crippen LogP contribution >= 0.6 is 23.5 Å². The van der Waals surface area contributed by atoms with E-state index in [9.17, 15) is 10.1 Å². The third-order valence-electron chi connectivity index (χ3n) is 7.40. The Labute approximate surface area is 266 Å². The number of carbonyl (C=O) groups excluding carboxylic acids is 1. The lowest BCUT2D eigenvalue weighted by atomic mass is 10.1. The number of aliphatic imine (C=N–C) groups is 1. The number of carbonyl (C=O) groups is 1. The first-order valence-corrected chi connectivity index (χ1v) is 16.1. The van der Waals surface area contributed by atoms with Crippen molar-refractivity contribution in [1.82, 2.24) is 4.90 Å². The van der Waals surface area contributed by atoms with Crippen LogP contribution in [-0.4, -0.2) is 29.6 Å². The SMILES string of the molecule is CCNc1ccc(C#N)cc1N=C1S/C(=C2\Sc3cc(NCc4ccc(C)cc4)ccc3N2C)C(=O)N1Cc1ccccc1. The summed E-state index contributed by atoms with van der Waals surface area (Å²) >= 11 is 2.99. The number of anilines is 3. The number of thioether (sulfide) groups is 2. The molecule has 6 rings (SSSR count). The minimum Gasteiger partial charge on any atom is -0.384 e. The van der Waals surface area contributed by atoms with Crippen molar-refractivity contribution in [3.8, 4) is 6.07 Å². The van der Waals surface area contributed by atoms with Crippen LogP contribution < -0.4 is 15.5 Å². The first kappa shape index (κ1) is 29.4. The minimum absolute atomic E-state index is 0.0843. The molecule has 1 saturated heterocycles. The van der Waals surface area contributed by atoms with E-state index in [2.05, 4.69) is 71.0 Å². The van der Waals surface area contributed by atoms with Crippen molar-refractivity contribution in [2.75, 3.05) is 29.1 Å². The molecule has 2 heterocycles. The van der Waals surface area contributed by atoms with E-state index in [1.807, 2.05) is 50.4 Å². The van der Waals surface area contributed by atoms with Crippen LogP contribution in [0, 0.1) is 18.3 Å². The average Bonchev–Trinajstić information content (AvgIpc) is 3.53. The van der Waals surface area contributed by atoms with E-state index in [4.69, 9.17) is 4.99 Å². The highest BCUT2D eigenvalue weighted by atomic mass is 32.2. The molecule has 44 heavy (non-hydrogen) atoms. The molecule has 0 atom stereocenters. The van der Waals surface area contributed by atoms with Crippen LogP contribution in [-0.2, 0) is 17.9 Å². The van der Waals surface area contributed by atoms with Gasteiger partial charge in [-0.25, -0.2) is 4.99 Å². The number of nitriles is 1. The smallest absolute Gasteiger partial charge is 0.269 e. The summed E-state index contributed by atoms with van der Waals surface area (Å²) in [6.45, 7) is 5.94. The van der Waals surface area contributed by atoms with E-state index < -0.39 is 0 Å². The molecule has 0 bridgehead atoms. The van der Waals surface area contributed by atoms with E-state index in [1.54, 1.807) is 28.8 Å². The Morgan fingerprint density at radius 2 is 1.70 bits per heavy atom. The fourth-order valence-electron chi connectivity index (χ4n) is 5.03. The maximum Gasteiger partial charge on any atom is 0.269 e. The third kappa shape index (κ3) is 6.18. The van der Waals surface area contributed by atoms with Gasteiger partial charge in [0.2, 0.25) is 0 Å². The molecule has 2 aliphatic rings. The van der Waals surface area contributed by atoms with Crippen molar-refractivity contribution >= 4 is 57.3 Å². The fourth-order valence-corrected chi connectivity index (χ4v) is 7.41. The summed E-state index contributed by atoms with van der Waals surface area (Å²) in [5.74, 6) is -0.0843. The van der Waals surface area contributed by atoms with Crippen LogP contribution in [0.5, 0.6) is 0 Å². The molecule has 0 spiro atoms. The van der Waals surface area contributed by atoms with Gasteiger partial charge in [-0.2, -0.15) is 5.26 Å². The topological polar surface area (TPSA) is 83.8 Å². The Morgan fingerprint density at radius 1 is 0.909 bits per heavy atom. The van der Waals surface area contributed by atoms with Gasteiger partial charge >= 0.3 is 0 Å². The van der Waals surface area contributed by atoms with Crippen molar-refractivity contribution in [3.05, 3.63) is 123 Å². The summed E-state index contributed by atoms with van der Waals surface area (Å²) < 4.78 is 0. The van der Waals surface area contributed by atoms with Gasteiger partial charge in [-0.3, -0.25) is 9.69 Å². The molecule has 2 aliphatic heterocycles. The van der Waals surface area contributed by atoms with Crippen LogP contribution in [0.15, 0.2) is 111 Å². The van der Waals surface area contributed by atoms with Gasteiger partial charge in [-0.05, 0) is 73.1 Å². The van der Waals surface area contributed by atoms with E-state index in [-0.39, 0.29) is 5.91 Å². The van der Waals surface area contributed by atoms with E-state index in [0.29, 0.717) is 34.4 Å². The van der Waals surface area contributed by atoms with Gasteiger partial charge in [0.25, 0.3) is 5.91 Å². The molecule has 0 unspecified atom stereocenters. The number of nitrogens with zero attached hydrogens (tertiary/aromatic N) is 4. The maximum atomic E-state index is 14.1. The zero-order chi connectivity index (χ0) is 30.6. The summed E-state index contributed by atoms with van der Waals surface area (Å²) in [6, 6.07) is 32.4. The average molecular weight is 617 g/mol. The maximum absolute atomic E-state index is 14.1. The number of fused-ring (bicyclic) bond motifs is 1. The second-order valence-corrected chi connectivity index (χ2v) is 12.6. The zero-order valence-electron chi connectivity index (χ0n) is 24.8. The molecule has 2 N–H and O–H groups in total. The van der Waals surface area contributed by atoms with Gasteiger partial charge < -0.3 is 15.5 Å². The Morgan fingerprint density at radius 3 is 2.45 bits per heavy atom. The molecular weight excluding hydrogens is 585 g/mol. The number of amides is 1. The quantitative estimate of drug-likeness (QED) is 0.194. The number of amidine groups is 1. The number of rotatable bonds is 8. The lowest BCUT2D eigenvalue weighted by molar-refractivity contribution is -0.122. The number of aryl methyl sites for hydroxylation is 1. The van der Waals surface area contributed by atoms with Gasteiger partial charge in [0, 0.05) is 30.7 Å². The number of hydrogen-bond acceptors (Lipinski definition) is 8. The highest BCUT2D eigenvalue weighted by Gasteiger charge is 2.39.